The number of sulfonamides is 1. The molecule has 4 heterocycles. The maximum Gasteiger partial charge on any atom is 0.252 e. The van der Waals surface area contributed by atoms with Gasteiger partial charge in [-0.3, -0.25) is 4.90 Å². The van der Waals surface area contributed by atoms with Crippen molar-refractivity contribution < 1.29 is 13.2 Å². The Hall–Kier alpha value is -2.50. The van der Waals surface area contributed by atoms with Crippen LogP contribution in [0.2, 0.25) is 5.02 Å². The number of piperazine rings is 1. The summed E-state index contributed by atoms with van der Waals surface area (Å²) in [5, 5.41) is 2.22. The monoisotopic (exact) mass is 489 g/mol. The second-order valence-electron chi connectivity index (χ2n) is 7.74. The molecule has 1 fully saturated rings. The van der Waals surface area contributed by atoms with Crippen molar-refractivity contribution in [2.45, 2.75) is 16.8 Å². The summed E-state index contributed by atoms with van der Waals surface area (Å²) in [7, 11) is -3.71. The minimum Gasteiger partial charge on any atom is -0.383 e. The third-order valence-corrected chi connectivity index (χ3v) is 9.36. The number of nitrogen functional groups attached to an aromatic ring is 1. The molecule has 3 aromatic heterocycles. The molecule has 166 valence electrons. The van der Waals surface area contributed by atoms with Gasteiger partial charge in [0.2, 0.25) is 0 Å². The van der Waals surface area contributed by atoms with Crippen molar-refractivity contribution in [1.82, 2.24) is 19.2 Å². The van der Waals surface area contributed by atoms with Gasteiger partial charge in [-0.2, -0.15) is 4.31 Å². The van der Waals surface area contributed by atoms with Crippen LogP contribution in [0.1, 0.15) is 5.69 Å². The molecule has 1 aliphatic rings. The number of anilines is 1. The predicted octanol–water partition coefficient (Wildman–Crippen LogP) is 3.09. The van der Waals surface area contributed by atoms with Gasteiger partial charge >= 0.3 is 0 Å². The maximum atomic E-state index is 13.3. The number of carbonyl (C=O) groups is 1. The van der Waals surface area contributed by atoms with Crippen LogP contribution in [0.5, 0.6) is 0 Å². The number of hydrogen-bond donors (Lipinski definition) is 2. The van der Waals surface area contributed by atoms with Gasteiger partial charge in [-0.15, -0.1) is 11.3 Å². The molecule has 0 radical (unpaired) electrons. The molecule has 8 nitrogen and oxygen atoms in total. The predicted molar refractivity (Wildman–Crippen MR) is 126 cm³/mol. The van der Waals surface area contributed by atoms with Crippen molar-refractivity contribution in [3.05, 3.63) is 53.3 Å². The molecule has 4 aromatic rings. The highest BCUT2D eigenvalue weighted by Crippen LogP contribution is 2.33. The Balaban J connectivity index is 1.36. The number of halogens is 1. The molecule has 0 amide bonds. The lowest BCUT2D eigenvalue weighted by Gasteiger charge is -2.37. The Morgan fingerprint density at radius 3 is 2.88 bits per heavy atom. The largest absolute Gasteiger partial charge is 0.383 e. The Labute approximate surface area is 193 Å². The molecule has 5 rings (SSSR count). The van der Waals surface area contributed by atoms with Crippen LogP contribution in [0.4, 0.5) is 5.82 Å². The minimum absolute atomic E-state index is 0.102. The van der Waals surface area contributed by atoms with Crippen molar-refractivity contribution in [1.29, 1.82) is 0 Å². The first-order chi connectivity index (χ1) is 15.3. The van der Waals surface area contributed by atoms with Crippen molar-refractivity contribution >= 4 is 66.1 Å². The summed E-state index contributed by atoms with van der Waals surface area (Å²) in [4.78, 5) is 21.2. The molecule has 0 bridgehead atoms. The van der Waals surface area contributed by atoms with Crippen LogP contribution in [0, 0.1) is 0 Å². The van der Waals surface area contributed by atoms with Gasteiger partial charge in [0.15, 0.2) is 0 Å². The number of aldehydes is 1. The van der Waals surface area contributed by atoms with Gasteiger partial charge in [0, 0.05) is 53.2 Å². The number of aromatic amines is 1. The van der Waals surface area contributed by atoms with Gasteiger partial charge in [-0.1, -0.05) is 17.7 Å². The van der Waals surface area contributed by atoms with E-state index in [0.717, 1.165) is 33.0 Å². The highest BCUT2D eigenvalue weighted by atomic mass is 35.5. The summed E-state index contributed by atoms with van der Waals surface area (Å²) >= 11 is 7.22. The summed E-state index contributed by atoms with van der Waals surface area (Å²) < 4.78 is 29.0. The summed E-state index contributed by atoms with van der Waals surface area (Å²) in [6, 6.07) is 10.2. The number of pyridine rings is 1. The van der Waals surface area contributed by atoms with Crippen LogP contribution in [-0.4, -0.2) is 59.6 Å². The number of nitrogens with two attached hydrogens (primary N) is 1. The zero-order chi connectivity index (χ0) is 22.5. The van der Waals surface area contributed by atoms with Gasteiger partial charge < -0.3 is 15.5 Å². The van der Waals surface area contributed by atoms with Gasteiger partial charge in [0.25, 0.3) is 10.0 Å². The molecule has 32 heavy (non-hydrogen) atoms. The normalized spacial score (nSPS) is 18.5. The summed E-state index contributed by atoms with van der Waals surface area (Å²) in [5.74, 6) is 0.442. The second kappa shape index (κ2) is 8.13. The summed E-state index contributed by atoms with van der Waals surface area (Å²) in [6.45, 7) is 1.31. The fraction of sp³-hybridized carbons (Fsp3) is 0.238. The van der Waals surface area contributed by atoms with E-state index < -0.39 is 16.1 Å². The van der Waals surface area contributed by atoms with Gasteiger partial charge in [-0.05, 0) is 35.7 Å². The first-order valence-corrected chi connectivity index (χ1v) is 12.6. The third kappa shape index (κ3) is 3.78. The Morgan fingerprint density at radius 1 is 1.25 bits per heavy atom. The zero-order valence-electron chi connectivity index (χ0n) is 16.9. The molecule has 3 N–H and O–H groups in total. The number of nitrogens with zero attached hydrogens (tertiary/aromatic N) is 3. The van der Waals surface area contributed by atoms with Crippen LogP contribution in [0.15, 0.2) is 46.8 Å². The van der Waals surface area contributed by atoms with Gasteiger partial charge in [0.1, 0.15) is 16.3 Å². The summed E-state index contributed by atoms with van der Waals surface area (Å²) in [6.07, 6.45) is 2.45. The molecule has 0 saturated carbocycles. The number of hydrogen-bond acceptors (Lipinski definition) is 7. The molecule has 1 unspecified atom stereocenters. The number of rotatable bonds is 5. The van der Waals surface area contributed by atoms with E-state index in [0.29, 0.717) is 30.5 Å². The average molecular weight is 490 g/mol. The zero-order valence-corrected chi connectivity index (χ0v) is 19.3. The average Bonchev–Trinajstić information content (AvgIpc) is 3.38. The quantitative estimate of drug-likeness (QED) is 0.416. The number of benzene rings is 1. The molecule has 0 spiro atoms. The van der Waals surface area contributed by atoms with Crippen LogP contribution in [0.3, 0.4) is 0 Å². The fourth-order valence-corrected chi connectivity index (χ4v) is 7.32. The third-order valence-electron chi connectivity index (χ3n) is 5.72. The van der Waals surface area contributed by atoms with Crippen LogP contribution in [-0.2, 0) is 21.4 Å². The van der Waals surface area contributed by atoms with E-state index in [4.69, 9.17) is 17.3 Å². The lowest BCUT2D eigenvalue weighted by atomic mass is 10.2. The fourth-order valence-electron chi connectivity index (χ4n) is 4.04. The smallest absolute Gasteiger partial charge is 0.252 e. The number of thiophene rings is 1. The van der Waals surface area contributed by atoms with Crippen LogP contribution in [0.25, 0.3) is 21.0 Å². The molecule has 0 aliphatic carbocycles. The lowest BCUT2D eigenvalue weighted by Crippen LogP contribution is -2.54. The van der Waals surface area contributed by atoms with Crippen LogP contribution < -0.4 is 5.73 Å². The molecule has 1 aliphatic heterocycles. The molecule has 1 saturated heterocycles. The Kier molecular flexibility index (Phi) is 5.42. The van der Waals surface area contributed by atoms with E-state index in [1.165, 1.54) is 15.6 Å². The number of carbonyl (C=O) groups excluding carboxylic acids is 1. The van der Waals surface area contributed by atoms with Crippen LogP contribution >= 0.6 is 22.9 Å². The summed E-state index contributed by atoms with van der Waals surface area (Å²) in [5.41, 5.74) is 7.70. The topological polar surface area (TPSA) is 112 Å². The number of aromatic nitrogens is 2. The number of fused-ring (bicyclic) bond motifs is 2. The molecular formula is C21H20ClN5O3S2. The van der Waals surface area contributed by atoms with E-state index >= 15 is 0 Å². The van der Waals surface area contributed by atoms with Crippen molar-refractivity contribution in [3.63, 3.8) is 0 Å². The van der Waals surface area contributed by atoms with E-state index in [-0.39, 0.29) is 10.8 Å². The van der Waals surface area contributed by atoms with Gasteiger partial charge in [0.05, 0.1) is 11.6 Å². The number of H-pyrrole nitrogens is 1. The van der Waals surface area contributed by atoms with E-state index in [1.54, 1.807) is 24.4 Å². The highest BCUT2D eigenvalue weighted by molar-refractivity contribution is 7.91. The Morgan fingerprint density at radius 2 is 2.09 bits per heavy atom. The first kappa shape index (κ1) is 21.4. The second-order valence-corrected chi connectivity index (χ2v) is 11.4. The minimum atomic E-state index is -3.71. The molecular weight excluding hydrogens is 470 g/mol. The SMILES string of the molecule is Nc1nccc2[nH]c(CN3CCN(S(=O)(=O)c4cc5ccc(Cl)cc5s4)CC3C=O)cc12. The van der Waals surface area contributed by atoms with E-state index in [9.17, 15) is 13.2 Å². The van der Waals surface area contributed by atoms with Crippen molar-refractivity contribution in [2.24, 2.45) is 0 Å². The first-order valence-electron chi connectivity index (χ1n) is 9.96. The molecule has 1 aromatic carbocycles. The molecule has 1 atom stereocenters. The van der Waals surface area contributed by atoms with E-state index in [1.807, 2.05) is 23.1 Å². The molecule has 11 heteroatoms. The van der Waals surface area contributed by atoms with Gasteiger partial charge in [-0.25, -0.2) is 13.4 Å². The standard InChI is InChI=1S/C21H20ClN5O3S2/c22-14-2-1-13-7-20(31-19(13)8-14)32(29,30)27-6-5-26(16(11-27)12-28)10-15-9-17-18(25-15)3-4-24-21(17)23/h1-4,7-9,12,16,25H,5-6,10-11H2,(H2,23,24). The van der Waals surface area contributed by atoms with Crippen molar-refractivity contribution in [3.8, 4) is 0 Å². The van der Waals surface area contributed by atoms with E-state index in [2.05, 4.69) is 9.97 Å². The lowest BCUT2D eigenvalue weighted by molar-refractivity contribution is -0.114. The highest BCUT2D eigenvalue weighted by Gasteiger charge is 2.35. The number of nitrogens with one attached hydrogen (secondary N) is 1. The van der Waals surface area contributed by atoms with Crippen molar-refractivity contribution in [2.75, 3.05) is 25.4 Å². The Bertz CT molecular complexity index is 1430. The maximum absolute atomic E-state index is 13.3.